The summed E-state index contributed by atoms with van der Waals surface area (Å²) in [4.78, 5) is 25.9. The van der Waals surface area contributed by atoms with Gasteiger partial charge < -0.3 is 9.47 Å². The largest absolute Gasteiger partial charge is 0.478 e. The molecule has 0 aliphatic rings. The third-order valence-corrected chi connectivity index (χ3v) is 1.90. The van der Waals surface area contributed by atoms with Gasteiger partial charge in [0, 0.05) is 17.8 Å². The molecule has 1 rings (SSSR count). The normalized spacial score (nSPS) is 9.62. The molecule has 16 heavy (non-hydrogen) atoms. The van der Waals surface area contributed by atoms with Gasteiger partial charge in [-0.3, -0.25) is 4.79 Å². The molecule has 0 spiro atoms. The fourth-order valence-corrected chi connectivity index (χ4v) is 1.11. The summed E-state index contributed by atoms with van der Waals surface area (Å²) in [6.45, 7) is 2.47. The minimum absolute atomic E-state index is 0.165. The molecule has 1 aromatic heterocycles. The van der Waals surface area contributed by atoms with Gasteiger partial charge in [-0.05, 0) is 6.42 Å². The minimum Gasteiger partial charge on any atom is -0.478 e. The first kappa shape index (κ1) is 12.2. The predicted octanol–water partition coefficient (Wildman–Crippen LogP) is 1.47. The highest BCUT2D eigenvalue weighted by atomic mass is 16.5. The maximum atomic E-state index is 11.4. The highest BCUT2D eigenvalue weighted by Crippen LogP contribution is 2.14. The van der Waals surface area contributed by atoms with Crippen molar-refractivity contribution in [2.24, 2.45) is 0 Å². The molecular formula is C11H13NO4. The third kappa shape index (κ3) is 2.79. The topological polar surface area (TPSA) is 65.5 Å². The van der Waals surface area contributed by atoms with E-state index in [1.807, 2.05) is 6.92 Å². The zero-order chi connectivity index (χ0) is 12.0. The van der Waals surface area contributed by atoms with Crippen molar-refractivity contribution < 1.29 is 19.1 Å². The second kappa shape index (κ2) is 5.85. The molecule has 0 fully saturated rings. The van der Waals surface area contributed by atoms with Crippen LogP contribution < -0.4 is 4.74 Å². The van der Waals surface area contributed by atoms with Crippen LogP contribution in [0.4, 0.5) is 0 Å². The number of ether oxygens (including phenoxy) is 2. The Morgan fingerprint density at radius 2 is 2.31 bits per heavy atom. The van der Waals surface area contributed by atoms with Gasteiger partial charge in [0.05, 0.1) is 19.3 Å². The van der Waals surface area contributed by atoms with Crippen molar-refractivity contribution in [3.8, 4) is 5.88 Å². The summed E-state index contributed by atoms with van der Waals surface area (Å²) >= 11 is 0. The summed E-state index contributed by atoms with van der Waals surface area (Å²) in [6, 6.07) is 1.41. The predicted molar refractivity (Wildman–Crippen MR) is 56.8 cm³/mol. The van der Waals surface area contributed by atoms with E-state index >= 15 is 0 Å². The van der Waals surface area contributed by atoms with Gasteiger partial charge >= 0.3 is 5.97 Å². The van der Waals surface area contributed by atoms with Crippen molar-refractivity contribution in [1.29, 1.82) is 0 Å². The number of esters is 1. The first-order valence-corrected chi connectivity index (χ1v) is 4.89. The van der Waals surface area contributed by atoms with Crippen molar-refractivity contribution in [1.82, 2.24) is 4.98 Å². The summed E-state index contributed by atoms with van der Waals surface area (Å²) in [5, 5.41) is 0. The summed E-state index contributed by atoms with van der Waals surface area (Å²) < 4.78 is 9.81. The quantitative estimate of drug-likeness (QED) is 0.558. The second-order valence-electron chi connectivity index (χ2n) is 3.07. The van der Waals surface area contributed by atoms with Gasteiger partial charge in [-0.25, -0.2) is 9.78 Å². The van der Waals surface area contributed by atoms with Crippen molar-refractivity contribution in [2.45, 2.75) is 13.3 Å². The molecule has 0 N–H and O–H groups in total. The summed E-state index contributed by atoms with van der Waals surface area (Å²) in [6.07, 6.45) is 2.69. The number of rotatable bonds is 5. The van der Waals surface area contributed by atoms with E-state index < -0.39 is 5.97 Å². The van der Waals surface area contributed by atoms with Crippen LogP contribution in [0, 0.1) is 0 Å². The van der Waals surface area contributed by atoms with E-state index in [-0.39, 0.29) is 11.1 Å². The van der Waals surface area contributed by atoms with Gasteiger partial charge in [-0.1, -0.05) is 6.92 Å². The van der Waals surface area contributed by atoms with E-state index in [1.165, 1.54) is 19.4 Å². The number of hydrogen-bond donors (Lipinski definition) is 0. The molecule has 0 aromatic carbocycles. The molecule has 1 heterocycles. The SMILES string of the molecule is CCCOc1cc(C(=O)OC)c(C=O)cn1. The molecule has 1 aromatic rings. The number of nitrogens with zero attached hydrogens (tertiary/aromatic N) is 1. The Morgan fingerprint density at radius 1 is 1.56 bits per heavy atom. The van der Waals surface area contributed by atoms with Crippen LogP contribution in [0.2, 0.25) is 0 Å². The zero-order valence-electron chi connectivity index (χ0n) is 9.23. The number of aldehydes is 1. The average molecular weight is 223 g/mol. The zero-order valence-corrected chi connectivity index (χ0v) is 9.23. The number of aromatic nitrogens is 1. The monoisotopic (exact) mass is 223 g/mol. The van der Waals surface area contributed by atoms with E-state index in [0.29, 0.717) is 18.8 Å². The highest BCUT2D eigenvalue weighted by molar-refractivity contribution is 5.98. The van der Waals surface area contributed by atoms with Crippen LogP contribution in [0.3, 0.4) is 0 Å². The Labute approximate surface area is 93.4 Å². The van der Waals surface area contributed by atoms with Gasteiger partial charge in [0.15, 0.2) is 6.29 Å². The Hall–Kier alpha value is -1.91. The molecule has 5 heteroatoms. The van der Waals surface area contributed by atoms with Crippen LogP contribution in [0.15, 0.2) is 12.3 Å². The smallest absolute Gasteiger partial charge is 0.338 e. The molecule has 0 unspecified atom stereocenters. The maximum Gasteiger partial charge on any atom is 0.338 e. The standard InChI is InChI=1S/C11H13NO4/c1-3-4-16-10-5-9(11(14)15-2)8(7-13)6-12-10/h5-7H,3-4H2,1-2H3. The molecule has 0 aliphatic heterocycles. The van der Waals surface area contributed by atoms with Crippen LogP contribution >= 0.6 is 0 Å². The Morgan fingerprint density at radius 3 is 2.88 bits per heavy atom. The van der Waals surface area contributed by atoms with E-state index in [4.69, 9.17) is 4.74 Å². The Balaban J connectivity index is 3.01. The van der Waals surface area contributed by atoms with Crippen LogP contribution in [0.25, 0.3) is 0 Å². The van der Waals surface area contributed by atoms with Crippen molar-refractivity contribution in [3.05, 3.63) is 23.4 Å². The lowest BCUT2D eigenvalue weighted by atomic mass is 10.1. The van der Waals surface area contributed by atoms with Crippen LogP contribution in [0.1, 0.15) is 34.1 Å². The van der Waals surface area contributed by atoms with Gasteiger partial charge in [-0.15, -0.1) is 0 Å². The summed E-state index contributed by atoms with van der Waals surface area (Å²) in [5.74, 6) is -0.265. The fourth-order valence-electron chi connectivity index (χ4n) is 1.11. The van der Waals surface area contributed by atoms with Gasteiger partial charge in [0.1, 0.15) is 0 Å². The number of pyridine rings is 1. The molecule has 0 bridgehead atoms. The Kier molecular flexibility index (Phi) is 4.44. The number of methoxy groups -OCH3 is 1. The van der Waals surface area contributed by atoms with Crippen molar-refractivity contribution >= 4 is 12.3 Å². The molecule has 0 aliphatic carbocycles. The van der Waals surface area contributed by atoms with E-state index in [9.17, 15) is 9.59 Å². The van der Waals surface area contributed by atoms with Gasteiger partial charge in [-0.2, -0.15) is 0 Å². The second-order valence-corrected chi connectivity index (χ2v) is 3.07. The number of carbonyl (C=O) groups excluding carboxylic acids is 2. The lowest BCUT2D eigenvalue weighted by Gasteiger charge is -2.06. The first-order valence-electron chi connectivity index (χ1n) is 4.89. The molecule has 86 valence electrons. The minimum atomic E-state index is -0.578. The summed E-state index contributed by atoms with van der Waals surface area (Å²) in [5.41, 5.74) is 0.356. The van der Waals surface area contributed by atoms with E-state index in [1.54, 1.807) is 0 Å². The van der Waals surface area contributed by atoms with Crippen molar-refractivity contribution in [2.75, 3.05) is 13.7 Å². The molecule has 5 nitrogen and oxygen atoms in total. The van der Waals surface area contributed by atoms with Crippen LogP contribution in [-0.4, -0.2) is 31.0 Å². The number of carbonyl (C=O) groups is 2. The third-order valence-electron chi connectivity index (χ3n) is 1.90. The highest BCUT2D eigenvalue weighted by Gasteiger charge is 2.13. The van der Waals surface area contributed by atoms with Crippen LogP contribution in [-0.2, 0) is 4.74 Å². The first-order chi connectivity index (χ1) is 7.72. The van der Waals surface area contributed by atoms with Gasteiger partial charge in [0.25, 0.3) is 0 Å². The lowest BCUT2D eigenvalue weighted by Crippen LogP contribution is -2.07. The summed E-state index contributed by atoms with van der Waals surface area (Å²) in [7, 11) is 1.25. The Bertz CT molecular complexity index is 390. The molecule has 0 saturated carbocycles. The van der Waals surface area contributed by atoms with Crippen molar-refractivity contribution in [3.63, 3.8) is 0 Å². The van der Waals surface area contributed by atoms with Crippen LogP contribution in [0.5, 0.6) is 5.88 Å². The lowest BCUT2D eigenvalue weighted by molar-refractivity contribution is 0.0597. The fraction of sp³-hybridized carbons (Fsp3) is 0.364. The molecule has 0 saturated heterocycles. The molecule has 0 radical (unpaired) electrons. The number of hydrogen-bond acceptors (Lipinski definition) is 5. The van der Waals surface area contributed by atoms with E-state index in [0.717, 1.165) is 6.42 Å². The maximum absolute atomic E-state index is 11.4. The molecular weight excluding hydrogens is 210 g/mol. The van der Waals surface area contributed by atoms with E-state index in [2.05, 4.69) is 9.72 Å². The molecule has 0 atom stereocenters. The van der Waals surface area contributed by atoms with Gasteiger partial charge in [0.2, 0.25) is 5.88 Å². The average Bonchev–Trinajstić information content (AvgIpc) is 2.35. The molecule has 0 amide bonds.